The van der Waals surface area contributed by atoms with E-state index in [4.69, 9.17) is 4.98 Å². The highest BCUT2D eigenvalue weighted by atomic mass is 19.1. The molecule has 5 rings (SSSR count). The summed E-state index contributed by atoms with van der Waals surface area (Å²) in [5.41, 5.74) is 8.05. The topological polar surface area (TPSA) is 49.2 Å². The van der Waals surface area contributed by atoms with Crippen LogP contribution in [0.4, 0.5) is 21.6 Å². The molecule has 0 fully saturated rings. The number of anilines is 3. The van der Waals surface area contributed by atoms with E-state index in [0.29, 0.717) is 11.1 Å². The first-order valence-electron chi connectivity index (χ1n) is 13.0. The van der Waals surface area contributed by atoms with Crippen LogP contribution in [-0.4, -0.2) is 15.1 Å². The van der Waals surface area contributed by atoms with Gasteiger partial charge < -0.3 is 5.11 Å². The maximum atomic E-state index is 14.2. The zero-order valence-electron chi connectivity index (χ0n) is 22.9. The van der Waals surface area contributed by atoms with Crippen molar-refractivity contribution < 1.29 is 9.50 Å². The molecule has 0 aliphatic rings. The van der Waals surface area contributed by atoms with Gasteiger partial charge in [0, 0.05) is 17.4 Å². The molecular weight excluding hydrogens is 485 g/mol. The lowest BCUT2D eigenvalue weighted by Gasteiger charge is -2.30. The van der Waals surface area contributed by atoms with Crippen LogP contribution < -0.4 is 4.90 Å². The second kappa shape index (κ2) is 10.3. The van der Waals surface area contributed by atoms with Gasteiger partial charge in [-0.15, -0.1) is 0 Å². The maximum Gasteiger partial charge on any atom is 0.165 e. The van der Waals surface area contributed by atoms with E-state index in [1.807, 2.05) is 60.7 Å². The summed E-state index contributed by atoms with van der Waals surface area (Å²) in [4.78, 5) is 11.7. The van der Waals surface area contributed by atoms with Crippen molar-refractivity contribution in [2.24, 2.45) is 0 Å². The highest BCUT2D eigenvalue weighted by Crippen LogP contribution is 2.42. The number of aromatic nitrogens is 2. The summed E-state index contributed by atoms with van der Waals surface area (Å²) in [7, 11) is 0. The number of halogens is 1. The number of hydrogen-bond donors (Lipinski definition) is 1. The molecule has 0 spiro atoms. The van der Waals surface area contributed by atoms with E-state index in [1.54, 1.807) is 18.3 Å². The summed E-state index contributed by atoms with van der Waals surface area (Å²) in [5, 5.41) is 10.5. The lowest BCUT2D eigenvalue weighted by atomic mass is 9.84. The smallest absolute Gasteiger partial charge is 0.165 e. The maximum absolute atomic E-state index is 14.2. The molecule has 5 aromatic rings. The lowest BCUT2D eigenvalue weighted by molar-refractivity contribution is 0.434. The van der Waals surface area contributed by atoms with Crippen molar-refractivity contribution in [3.8, 4) is 28.3 Å². The van der Waals surface area contributed by atoms with Crippen molar-refractivity contribution in [1.82, 2.24) is 9.97 Å². The number of pyridine rings is 2. The molecule has 0 aliphatic heterocycles. The van der Waals surface area contributed by atoms with E-state index in [9.17, 15) is 9.50 Å². The Morgan fingerprint density at radius 1 is 0.769 bits per heavy atom. The highest BCUT2D eigenvalue weighted by Gasteiger charge is 2.23. The number of nitrogens with zero attached hydrogens (tertiary/aromatic N) is 3. The van der Waals surface area contributed by atoms with Crippen LogP contribution in [-0.2, 0) is 5.41 Å². The van der Waals surface area contributed by atoms with Gasteiger partial charge in [-0.3, -0.25) is 9.88 Å². The van der Waals surface area contributed by atoms with Crippen LogP contribution in [0.2, 0.25) is 0 Å². The zero-order valence-corrected chi connectivity index (χ0v) is 22.9. The van der Waals surface area contributed by atoms with Gasteiger partial charge in [0.1, 0.15) is 5.82 Å². The SMILES string of the molecule is Cc1cc(C(C)(C)C)cc(C)c1N(c1cccc(-c2cccc(F)c2O)c1)c1cccc(-c2ccccn2)n1. The molecule has 0 amide bonds. The molecule has 2 heterocycles. The molecule has 0 saturated heterocycles. The van der Waals surface area contributed by atoms with Gasteiger partial charge >= 0.3 is 0 Å². The third-order valence-corrected chi connectivity index (χ3v) is 6.87. The van der Waals surface area contributed by atoms with Gasteiger partial charge in [0.2, 0.25) is 0 Å². The number of phenolic OH excluding ortho intramolecular Hbond substituents is 1. The Bertz CT molecular complexity index is 1620. The Labute approximate surface area is 229 Å². The Balaban J connectivity index is 1.73. The average molecular weight is 518 g/mol. The van der Waals surface area contributed by atoms with E-state index in [1.165, 1.54) is 11.6 Å². The average Bonchev–Trinajstić information content (AvgIpc) is 2.92. The van der Waals surface area contributed by atoms with Crippen LogP contribution in [0.5, 0.6) is 5.75 Å². The van der Waals surface area contributed by atoms with Gasteiger partial charge in [-0.2, -0.15) is 0 Å². The predicted octanol–water partition coefficient (Wildman–Crippen LogP) is 9.04. The predicted molar refractivity (Wildman–Crippen MR) is 157 cm³/mol. The summed E-state index contributed by atoms with van der Waals surface area (Å²) in [6, 6.07) is 28.5. The van der Waals surface area contributed by atoms with Crippen molar-refractivity contribution in [1.29, 1.82) is 0 Å². The monoisotopic (exact) mass is 517 g/mol. The Morgan fingerprint density at radius 2 is 1.46 bits per heavy atom. The highest BCUT2D eigenvalue weighted by molar-refractivity contribution is 5.83. The van der Waals surface area contributed by atoms with Crippen molar-refractivity contribution in [2.45, 2.75) is 40.0 Å². The van der Waals surface area contributed by atoms with Crippen molar-refractivity contribution in [2.75, 3.05) is 4.90 Å². The lowest BCUT2D eigenvalue weighted by Crippen LogP contribution is -2.17. The van der Waals surface area contributed by atoms with Crippen molar-refractivity contribution in [3.63, 3.8) is 0 Å². The molecule has 196 valence electrons. The number of benzene rings is 3. The minimum Gasteiger partial charge on any atom is -0.504 e. The Morgan fingerprint density at radius 3 is 2.15 bits per heavy atom. The number of hydrogen-bond acceptors (Lipinski definition) is 4. The van der Waals surface area contributed by atoms with E-state index in [0.717, 1.165) is 39.7 Å². The molecule has 0 aliphatic carbocycles. The van der Waals surface area contributed by atoms with Gasteiger partial charge in [-0.25, -0.2) is 9.37 Å². The molecule has 0 bridgehead atoms. The number of para-hydroxylation sites is 1. The van der Waals surface area contributed by atoms with Gasteiger partial charge in [-0.05, 0) is 84.0 Å². The van der Waals surface area contributed by atoms with E-state index in [-0.39, 0.29) is 11.2 Å². The van der Waals surface area contributed by atoms with Crippen molar-refractivity contribution >= 4 is 17.2 Å². The minimum atomic E-state index is -0.649. The molecule has 3 aromatic carbocycles. The van der Waals surface area contributed by atoms with Crippen LogP contribution in [0.3, 0.4) is 0 Å². The third kappa shape index (κ3) is 5.26. The third-order valence-electron chi connectivity index (χ3n) is 6.87. The Kier molecular flexibility index (Phi) is 6.92. The number of phenols is 1. The number of rotatable bonds is 5. The minimum absolute atomic E-state index is 0.00481. The molecule has 0 atom stereocenters. The van der Waals surface area contributed by atoms with Gasteiger partial charge in [0.15, 0.2) is 11.6 Å². The number of aryl methyl sites for hydroxylation is 2. The molecular formula is C34H32FN3O. The zero-order chi connectivity index (χ0) is 27.7. The fourth-order valence-corrected chi connectivity index (χ4v) is 4.88. The molecule has 1 N–H and O–H groups in total. The summed E-state index contributed by atoms with van der Waals surface area (Å²) in [5.74, 6) is -0.282. The van der Waals surface area contributed by atoms with Crippen LogP contribution in [0.25, 0.3) is 22.5 Å². The summed E-state index contributed by atoms with van der Waals surface area (Å²) >= 11 is 0. The fourth-order valence-electron chi connectivity index (χ4n) is 4.88. The summed E-state index contributed by atoms with van der Waals surface area (Å²) in [6.07, 6.45) is 1.76. The van der Waals surface area contributed by atoms with Gasteiger partial charge in [0.25, 0.3) is 0 Å². The summed E-state index contributed by atoms with van der Waals surface area (Å²) < 4.78 is 14.2. The second-order valence-electron chi connectivity index (χ2n) is 10.8. The second-order valence-corrected chi connectivity index (χ2v) is 10.8. The standard InChI is InChI=1S/C34H32FN3O/c1-22-19-25(34(3,4)5)20-23(2)32(22)38(31-17-10-16-30(37-31)29-15-6-7-18-36-29)26-12-8-11-24(21-26)27-13-9-14-28(35)33(27)39/h6-21,39H,1-5H3. The fraction of sp³-hybridized carbons (Fsp3) is 0.176. The number of aromatic hydroxyl groups is 1. The molecule has 4 nitrogen and oxygen atoms in total. The van der Waals surface area contributed by atoms with Gasteiger partial charge in [0.05, 0.1) is 17.1 Å². The van der Waals surface area contributed by atoms with Crippen molar-refractivity contribution in [3.05, 3.63) is 120 Å². The summed E-state index contributed by atoms with van der Waals surface area (Å²) in [6.45, 7) is 10.9. The first-order chi connectivity index (χ1) is 18.6. The molecule has 0 unspecified atom stereocenters. The van der Waals surface area contributed by atoms with Crippen LogP contribution >= 0.6 is 0 Å². The normalized spacial score (nSPS) is 11.4. The molecule has 39 heavy (non-hydrogen) atoms. The largest absolute Gasteiger partial charge is 0.504 e. The quantitative estimate of drug-likeness (QED) is 0.253. The van der Waals surface area contributed by atoms with Crippen LogP contribution in [0, 0.1) is 19.7 Å². The molecule has 0 radical (unpaired) electrons. The van der Waals surface area contributed by atoms with E-state index < -0.39 is 5.82 Å². The van der Waals surface area contributed by atoms with Gasteiger partial charge in [-0.1, -0.05) is 69.3 Å². The molecule has 0 saturated carbocycles. The first-order valence-corrected chi connectivity index (χ1v) is 13.0. The first kappa shape index (κ1) is 26.1. The van der Waals surface area contributed by atoms with E-state index in [2.05, 4.69) is 56.6 Å². The molecule has 2 aromatic heterocycles. The van der Waals surface area contributed by atoms with E-state index >= 15 is 0 Å². The Hall–Kier alpha value is -4.51. The molecule has 5 heteroatoms. The van der Waals surface area contributed by atoms with Crippen LogP contribution in [0.1, 0.15) is 37.5 Å². The van der Waals surface area contributed by atoms with Crippen LogP contribution in [0.15, 0.2) is 97.2 Å².